The summed E-state index contributed by atoms with van der Waals surface area (Å²) in [4.78, 5) is 5.07. The summed E-state index contributed by atoms with van der Waals surface area (Å²) in [7, 11) is 3.44. The van der Waals surface area contributed by atoms with Crippen molar-refractivity contribution in [3.05, 3.63) is 23.8 Å². The van der Waals surface area contributed by atoms with Gasteiger partial charge in [0.05, 0.1) is 14.2 Å². The first kappa shape index (κ1) is 16.1. The van der Waals surface area contributed by atoms with E-state index in [0.717, 1.165) is 31.1 Å². The fourth-order valence-corrected chi connectivity index (χ4v) is 2.80. The average Bonchev–Trinajstić information content (AvgIpc) is 2.54. The predicted molar refractivity (Wildman–Crippen MR) is 86.2 cm³/mol. The van der Waals surface area contributed by atoms with Gasteiger partial charge in [-0.2, -0.15) is 0 Å². The molecule has 4 nitrogen and oxygen atoms in total. The van der Waals surface area contributed by atoms with E-state index < -0.39 is 0 Å². The summed E-state index contributed by atoms with van der Waals surface area (Å²) < 4.78 is 10.8. The zero-order chi connectivity index (χ0) is 15.1. The number of unbranched alkanes of at least 4 members (excludes halogenated alkanes) is 1. The van der Waals surface area contributed by atoms with E-state index in [2.05, 4.69) is 22.8 Å². The highest BCUT2D eigenvalue weighted by Gasteiger charge is 2.18. The van der Waals surface area contributed by atoms with Crippen LogP contribution in [0.15, 0.2) is 18.2 Å². The van der Waals surface area contributed by atoms with Gasteiger partial charge < -0.3 is 14.4 Å². The molecule has 0 bridgehead atoms. The molecule has 0 unspecified atom stereocenters. The highest BCUT2D eigenvalue weighted by Crippen LogP contribution is 2.25. The van der Waals surface area contributed by atoms with E-state index in [4.69, 9.17) is 9.47 Å². The zero-order valence-corrected chi connectivity index (χ0v) is 13.6. The molecule has 0 N–H and O–H groups in total. The van der Waals surface area contributed by atoms with Crippen molar-refractivity contribution in [2.75, 3.05) is 46.9 Å². The Morgan fingerprint density at radius 3 is 2.33 bits per heavy atom. The van der Waals surface area contributed by atoms with Crippen LogP contribution in [0.5, 0.6) is 11.5 Å². The predicted octanol–water partition coefficient (Wildman–Crippen LogP) is 2.62. The molecule has 0 aromatic heterocycles. The summed E-state index contributed by atoms with van der Waals surface area (Å²) in [6, 6.07) is 6.03. The normalized spacial score (nSPS) is 16.9. The van der Waals surface area contributed by atoms with E-state index in [1.807, 2.05) is 12.1 Å². The van der Waals surface area contributed by atoms with Gasteiger partial charge in [0.1, 0.15) is 11.5 Å². The molecule has 2 rings (SSSR count). The smallest absolute Gasteiger partial charge is 0.123 e. The third-order valence-corrected chi connectivity index (χ3v) is 4.17. The standard InChI is InChI=1S/C17H28N2O2/c1-4-5-8-18-9-11-19(12-10-18)14-15-13-16(20-2)6-7-17(15)21-3/h6-7,13H,4-5,8-12,14H2,1-3H3. The number of piperazine rings is 1. The van der Waals surface area contributed by atoms with Crippen molar-refractivity contribution in [3.63, 3.8) is 0 Å². The van der Waals surface area contributed by atoms with Gasteiger partial charge in [0.2, 0.25) is 0 Å². The van der Waals surface area contributed by atoms with Crippen molar-refractivity contribution >= 4 is 0 Å². The third-order valence-electron chi connectivity index (χ3n) is 4.17. The highest BCUT2D eigenvalue weighted by molar-refractivity contribution is 5.40. The number of ether oxygens (including phenoxy) is 2. The Kier molecular flexibility index (Phi) is 6.33. The van der Waals surface area contributed by atoms with Gasteiger partial charge in [0.15, 0.2) is 0 Å². The molecule has 1 aliphatic rings. The Bertz CT molecular complexity index is 429. The zero-order valence-electron chi connectivity index (χ0n) is 13.6. The molecule has 1 aliphatic heterocycles. The molecule has 118 valence electrons. The minimum Gasteiger partial charge on any atom is -0.497 e. The first-order chi connectivity index (χ1) is 10.3. The van der Waals surface area contributed by atoms with Crippen LogP contribution in [-0.2, 0) is 6.54 Å². The largest absolute Gasteiger partial charge is 0.497 e. The lowest BCUT2D eigenvalue weighted by Gasteiger charge is -2.34. The number of methoxy groups -OCH3 is 2. The molecule has 1 aromatic rings. The second kappa shape index (κ2) is 8.25. The van der Waals surface area contributed by atoms with E-state index in [0.29, 0.717) is 0 Å². The van der Waals surface area contributed by atoms with E-state index in [-0.39, 0.29) is 0 Å². The molecule has 0 spiro atoms. The highest BCUT2D eigenvalue weighted by atomic mass is 16.5. The molecule has 1 saturated heterocycles. The molecular formula is C17H28N2O2. The van der Waals surface area contributed by atoms with Crippen LogP contribution in [0.2, 0.25) is 0 Å². The van der Waals surface area contributed by atoms with Gasteiger partial charge >= 0.3 is 0 Å². The lowest BCUT2D eigenvalue weighted by atomic mass is 10.1. The molecule has 0 radical (unpaired) electrons. The van der Waals surface area contributed by atoms with E-state index in [9.17, 15) is 0 Å². The molecule has 1 aromatic carbocycles. The van der Waals surface area contributed by atoms with E-state index >= 15 is 0 Å². The maximum absolute atomic E-state index is 5.47. The lowest BCUT2D eigenvalue weighted by molar-refractivity contribution is 0.125. The van der Waals surface area contributed by atoms with Crippen LogP contribution in [0.3, 0.4) is 0 Å². The van der Waals surface area contributed by atoms with Gasteiger partial charge in [-0.1, -0.05) is 13.3 Å². The van der Waals surface area contributed by atoms with Crippen molar-refractivity contribution in [3.8, 4) is 11.5 Å². The molecule has 0 aliphatic carbocycles. The Morgan fingerprint density at radius 2 is 1.71 bits per heavy atom. The Hall–Kier alpha value is -1.26. The molecule has 0 amide bonds. The maximum atomic E-state index is 5.47. The topological polar surface area (TPSA) is 24.9 Å². The SMILES string of the molecule is CCCCN1CCN(Cc2cc(OC)ccc2OC)CC1. The molecule has 21 heavy (non-hydrogen) atoms. The summed E-state index contributed by atoms with van der Waals surface area (Å²) in [5.41, 5.74) is 1.21. The van der Waals surface area contributed by atoms with Crippen LogP contribution in [0, 0.1) is 0 Å². The molecule has 0 atom stereocenters. The van der Waals surface area contributed by atoms with Crippen LogP contribution in [-0.4, -0.2) is 56.7 Å². The summed E-state index contributed by atoms with van der Waals surface area (Å²) in [6.07, 6.45) is 2.59. The number of hydrogen-bond acceptors (Lipinski definition) is 4. The average molecular weight is 292 g/mol. The number of nitrogens with zero attached hydrogens (tertiary/aromatic N) is 2. The summed E-state index contributed by atoms with van der Waals surface area (Å²) in [5.74, 6) is 1.84. The molecular weight excluding hydrogens is 264 g/mol. The molecule has 1 heterocycles. The van der Waals surface area contributed by atoms with Crippen molar-refractivity contribution in [1.29, 1.82) is 0 Å². The van der Waals surface area contributed by atoms with Crippen molar-refractivity contribution in [1.82, 2.24) is 9.80 Å². The van der Waals surface area contributed by atoms with Gasteiger partial charge in [-0.05, 0) is 31.2 Å². The van der Waals surface area contributed by atoms with Gasteiger partial charge in [0, 0.05) is 38.3 Å². The first-order valence-electron chi connectivity index (χ1n) is 7.92. The van der Waals surface area contributed by atoms with Crippen LogP contribution < -0.4 is 9.47 Å². The Balaban J connectivity index is 1.90. The molecule has 1 fully saturated rings. The number of benzene rings is 1. The Labute approximate surface area is 128 Å². The Morgan fingerprint density at radius 1 is 1.00 bits per heavy atom. The first-order valence-corrected chi connectivity index (χ1v) is 7.92. The van der Waals surface area contributed by atoms with E-state index in [1.54, 1.807) is 14.2 Å². The van der Waals surface area contributed by atoms with Gasteiger partial charge in [-0.15, -0.1) is 0 Å². The summed E-state index contributed by atoms with van der Waals surface area (Å²) in [6.45, 7) is 9.03. The van der Waals surface area contributed by atoms with Gasteiger partial charge in [-0.25, -0.2) is 0 Å². The maximum Gasteiger partial charge on any atom is 0.123 e. The molecule has 0 saturated carbocycles. The minimum absolute atomic E-state index is 0.896. The monoisotopic (exact) mass is 292 g/mol. The fraction of sp³-hybridized carbons (Fsp3) is 0.647. The second-order valence-electron chi connectivity index (χ2n) is 5.65. The second-order valence-corrected chi connectivity index (χ2v) is 5.65. The van der Waals surface area contributed by atoms with E-state index in [1.165, 1.54) is 38.0 Å². The van der Waals surface area contributed by atoms with Gasteiger partial charge in [-0.3, -0.25) is 4.90 Å². The minimum atomic E-state index is 0.896. The third kappa shape index (κ3) is 4.61. The lowest BCUT2D eigenvalue weighted by Crippen LogP contribution is -2.46. The van der Waals surface area contributed by atoms with Gasteiger partial charge in [0.25, 0.3) is 0 Å². The summed E-state index contributed by atoms with van der Waals surface area (Å²) in [5, 5.41) is 0. The van der Waals surface area contributed by atoms with Crippen molar-refractivity contribution in [2.45, 2.75) is 26.3 Å². The van der Waals surface area contributed by atoms with Crippen LogP contribution in [0.25, 0.3) is 0 Å². The van der Waals surface area contributed by atoms with Crippen LogP contribution >= 0.6 is 0 Å². The summed E-state index contributed by atoms with van der Waals surface area (Å²) >= 11 is 0. The van der Waals surface area contributed by atoms with Crippen molar-refractivity contribution < 1.29 is 9.47 Å². The van der Waals surface area contributed by atoms with Crippen LogP contribution in [0.4, 0.5) is 0 Å². The quantitative estimate of drug-likeness (QED) is 0.771. The van der Waals surface area contributed by atoms with Crippen LogP contribution in [0.1, 0.15) is 25.3 Å². The fourth-order valence-electron chi connectivity index (χ4n) is 2.80. The number of hydrogen-bond donors (Lipinski definition) is 0. The molecule has 4 heteroatoms. The van der Waals surface area contributed by atoms with Crippen molar-refractivity contribution in [2.24, 2.45) is 0 Å². The number of rotatable bonds is 7.